The number of hydrogen-bond donors (Lipinski definition) is 1. The lowest BCUT2D eigenvalue weighted by Gasteiger charge is -2.27. The zero-order valence-electron chi connectivity index (χ0n) is 14.8. The predicted octanol–water partition coefficient (Wildman–Crippen LogP) is 2.73. The summed E-state index contributed by atoms with van der Waals surface area (Å²) >= 11 is 0. The Morgan fingerprint density at radius 2 is 2.00 bits per heavy atom. The first-order chi connectivity index (χ1) is 10.6. The van der Waals surface area contributed by atoms with Gasteiger partial charge in [0.1, 0.15) is 11.6 Å². The van der Waals surface area contributed by atoms with Gasteiger partial charge >= 0.3 is 12.1 Å². The van der Waals surface area contributed by atoms with Crippen molar-refractivity contribution in [2.45, 2.75) is 57.8 Å². The minimum absolute atomic E-state index is 0.331. The Hall–Kier alpha value is -1.82. The van der Waals surface area contributed by atoms with E-state index in [9.17, 15) is 9.59 Å². The number of nitrogens with one attached hydrogen (secondary N) is 1. The number of allylic oxidation sites excluding steroid dienone is 1. The Labute approximate surface area is 137 Å². The van der Waals surface area contributed by atoms with Crippen molar-refractivity contribution in [2.75, 3.05) is 14.2 Å². The topological polar surface area (TPSA) is 73.9 Å². The van der Waals surface area contributed by atoms with Gasteiger partial charge in [-0.2, -0.15) is 0 Å². The Kier molecular flexibility index (Phi) is 6.38. The van der Waals surface area contributed by atoms with Gasteiger partial charge in [-0.3, -0.25) is 0 Å². The predicted molar refractivity (Wildman–Crippen MR) is 87.0 cm³/mol. The summed E-state index contributed by atoms with van der Waals surface area (Å²) < 4.78 is 15.4. The molecule has 1 aliphatic rings. The minimum atomic E-state index is -0.794. The van der Waals surface area contributed by atoms with E-state index in [2.05, 4.69) is 5.32 Å². The van der Waals surface area contributed by atoms with Crippen LogP contribution >= 0.6 is 0 Å². The molecule has 130 valence electrons. The fourth-order valence-corrected chi connectivity index (χ4v) is 2.08. The highest BCUT2D eigenvalue weighted by atomic mass is 16.6. The molecule has 0 aromatic rings. The lowest BCUT2D eigenvalue weighted by molar-refractivity contribution is -0.143. The summed E-state index contributed by atoms with van der Waals surface area (Å²) in [5.74, 6) is -0.509. The second kappa shape index (κ2) is 7.64. The molecule has 0 aromatic carbocycles. The van der Waals surface area contributed by atoms with Gasteiger partial charge in [0.15, 0.2) is 0 Å². The van der Waals surface area contributed by atoms with E-state index in [0.717, 1.165) is 5.57 Å². The molecule has 6 nitrogen and oxygen atoms in total. The van der Waals surface area contributed by atoms with E-state index in [1.54, 1.807) is 27.9 Å². The third kappa shape index (κ3) is 6.44. The molecule has 23 heavy (non-hydrogen) atoms. The van der Waals surface area contributed by atoms with Crippen LogP contribution in [-0.4, -0.2) is 43.5 Å². The van der Waals surface area contributed by atoms with E-state index >= 15 is 0 Å². The standard InChI is InChI=1S/C17H27NO5/c1-16(2,3)23-15(20)18-13(14(19)21-5)11-12-7-9-17(4,22-6)10-8-12/h7-9,13H,10-11H2,1-6H3,(H,18,20). The summed E-state index contributed by atoms with van der Waals surface area (Å²) in [6, 6.07) is -0.794. The third-order valence-electron chi connectivity index (χ3n) is 3.50. The SMILES string of the molecule is COC(=O)C(CC1=CCC(C)(OC)C=C1)NC(=O)OC(C)(C)C. The summed E-state index contributed by atoms with van der Waals surface area (Å²) in [6.07, 6.45) is 6.24. The van der Waals surface area contributed by atoms with Crippen molar-refractivity contribution < 1.29 is 23.8 Å². The van der Waals surface area contributed by atoms with E-state index < -0.39 is 23.7 Å². The molecule has 1 N–H and O–H groups in total. The Balaban J connectivity index is 2.72. The quantitative estimate of drug-likeness (QED) is 0.787. The molecule has 2 atom stereocenters. The van der Waals surface area contributed by atoms with Crippen LogP contribution in [-0.2, 0) is 19.0 Å². The third-order valence-corrected chi connectivity index (χ3v) is 3.50. The molecule has 0 spiro atoms. The van der Waals surface area contributed by atoms with Crippen LogP contribution in [0.4, 0.5) is 4.79 Å². The number of rotatable bonds is 5. The highest BCUT2D eigenvalue weighted by Crippen LogP contribution is 2.25. The van der Waals surface area contributed by atoms with Crippen molar-refractivity contribution in [2.24, 2.45) is 0 Å². The molecule has 1 aliphatic carbocycles. The maximum Gasteiger partial charge on any atom is 0.408 e. The molecule has 0 saturated heterocycles. The van der Waals surface area contributed by atoms with E-state index in [4.69, 9.17) is 14.2 Å². The maximum absolute atomic E-state index is 11.9. The molecule has 1 rings (SSSR count). The van der Waals surface area contributed by atoms with E-state index in [1.165, 1.54) is 7.11 Å². The fourth-order valence-electron chi connectivity index (χ4n) is 2.08. The van der Waals surface area contributed by atoms with Crippen LogP contribution in [0.2, 0.25) is 0 Å². The van der Waals surface area contributed by atoms with Gasteiger partial charge in [0.05, 0.1) is 12.7 Å². The number of alkyl carbamates (subject to hydrolysis) is 1. The summed E-state index contributed by atoms with van der Waals surface area (Å²) in [6.45, 7) is 7.26. The summed E-state index contributed by atoms with van der Waals surface area (Å²) in [5.41, 5.74) is -0.0243. The smallest absolute Gasteiger partial charge is 0.408 e. The average Bonchev–Trinajstić information content (AvgIpc) is 2.46. The maximum atomic E-state index is 11.9. The molecule has 2 unspecified atom stereocenters. The molecule has 0 bridgehead atoms. The second-order valence-corrected chi connectivity index (χ2v) is 6.76. The largest absolute Gasteiger partial charge is 0.467 e. The van der Waals surface area contributed by atoms with Gasteiger partial charge in [0.2, 0.25) is 0 Å². The van der Waals surface area contributed by atoms with Crippen molar-refractivity contribution in [3.63, 3.8) is 0 Å². The zero-order valence-corrected chi connectivity index (χ0v) is 14.8. The van der Waals surface area contributed by atoms with E-state index in [0.29, 0.717) is 12.8 Å². The molecule has 0 radical (unpaired) electrons. The molecule has 6 heteroatoms. The van der Waals surface area contributed by atoms with Crippen LogP contribution in [0, 0.1) is 0 Å². The second-order valence-electron chi connectivity index (χ2n) is 6.76. The first-order valence-corrected chi connectivity index (χ1v) is 7.59. The Bertz CT molecular complexity index is 504. The molecule has 1 amide bonds. The van der Waals surface area contributed by atoms with E-state index in [-0.39, 0.29) is 5.60 Å². The molecular weight excluding hydrogens is 298 g/mol. The van der Waals surface area contributed by atoms with Crippen LogP contribution in [0.3, 0.4) is 0 Å². The van der Waals surface area contributed by atoms with Gasteiger partial charge in [-0.25, -0.2) is 9.59 Å². The molecule has 0 heterocycles. The highest BCUT2D eigenvalue weighted by molar-refractivity contribution is 5.81. The minimum Gasteiger partial charge on any atom is -0.467 e. The van der Waals surface area contributed by atoms with E-state index in [1.807, 2.05) is 25.2 Å². The molecule has 0 aromatic heterocycles. The number of amides is 1. The Morgan fingerprint density at radius 1 is 1.35 bits per heavy atom. The molecule has 0 aliphatic heterocycles. The molecule has 0 fully saturated rings. The summed E-state index contributed by atoms with van der Waals surface area (Å²) in [5, 5.41) is 2.56. The van der Waals surface area contributed by atoms with Crippen molar-refractivity contribution in [3.05, 3.63) is 23.8 Å². The van der Waals surface area contributed by atoms with Gasteiger partial charge in [-0.1, -0.05) is 18.2 Å². The van der Waals surface area contributed by atoms with Gasteiger partial charge in [0, 0.05) is 13.5 Å². The van der Waals surface area contributed by atoms with Crippen molar-refractivity contribution in [1.82, 2.24) is 5.32 Å². The van der Waals surface area contributed by atoms with Crippen molar-refractivity contribution in [1.29, 1.82) is 0 Å². The van der Waals surface area contributed by atoms with Crippen LogP contribution in [0.5, 0.6) is 0 Å². The molecule has 0 saturated carbocycles. The number of carbonyl (C=O) groups is 2. The van der Waals surface area contributed by atoms with Crippen molar-refractivity contribution in [3.8, 4) is 0 Å². The van der Waals surface area contributed by atoms with Crippen LogP contribution in [0.15, 0.2) is 23.8 Å². The van der Waals surface area contributed by atoms with Crippen LogP contribution in [0.25, 0.3) is 0 Å². The van der Waals surface area contributed by atoms with Crippen molar-refractivity contribution >= 4 is 12.1 Å². The first-order valence-electron chi connectivity index (χ1n) is 7.59. The lowest BCUT2D eigenvalue weighted by atomic mass is 9.91. The monoisotopic (exact) mass is 325 g/mol. The zero-order chi connectivity index (χ0) is 17.7. The Morgan fingerprint density at radius 3 is 2.43 bits per heavy atom. The van der Waals surface area contributed by atoms with Gasteiger partial charge < -0.3 is 19.5 Å². The number of hydrogen-bond acceptors (Lipinski definition) is 5. The first kappa shape index (κ1) is 19.2. The van der Waals surface area contributed by atoms with Gasteiger partial charge in [0.25, 0.3) is 0 Å². The molecular formula is C17H27NO5. The van der Waals surface area contributed by atoms with Gasteiger partial charge in [-0.15, -0.1) is 0 Å². The summed E-state index contributed by atoms with van der Waals surface area (Å²) in [4.78, 5) is 23.8. The normalized spacial score (nSPS) is 22.1. The van der Waals surface area contributed by atoms with Crippen LogP contribution in [0.1, 0.15) is 40.5 Å². The highest BCUT2D eigenvalue weighted by Gasteiger charge is 2.27. The number of esters is 1. The number of carbonyl (C=O) groups excluding carboxylic acids is 2. The average molecular weight is 325 g/mol. The van der Waals surface area contributed by atoms with Crippen LogP contribution < -0.4 is 5.32 Å². The number of methoxy groups -OCH3 is 2. The fraction of sp³-hybridized carbons (Fsp3) is 0.647. The summed E-state index contributed by atoms with van der Waals surface area (Å²) in [7, 11) is 2.95. The van der Waals surface area contributed by atoms with Gasteiger partial charge in [-0.05, 0) is 39.7 Å². The lowest BCUT2D eigenvalue weighted by Crippen LogP contribution is -2.44. The number of ether oxygens (including phenoxy) is 3.